The quantitative estimate of drug-likeness (QED) is 0.542. The molecule has 3 aromatic rings. The zero-order valence-corrected chi connectivity index (χ0v) is 17.7. The van der Waals surface area contributed by atoms with Crippen LogP contribution in [0.2, 0.25) is 0 Å². The van der Waals surface area contributed by atoms with Gasteiger partial charge >= 0.3 is 0 Å². The van der Waals surface area contributed by atoms with Gasteiger partial charge in [-0.05, 0) is 49.7 Å². The second-order valence-corrected chi connectivity index (χ2v) is 11.2. The molecular formula is C19H20N4O5S2. The highest BCUT2D eigenvalue weighted by molar-refractivity contribution is 7.92. The largest absolute Gasteiger partial charge is 0.342 e. The van der Waals surface area contributed by atoms with Crippen molar-refractivity contribution >= 4 is 42.5 Å². The Labute approximate surface area is 173 Å². The SMILES string of the molecule is Cc1nc2ccc(NC(=O)c3cccc(S(=O)(=O)N[C@@H]4CCS(=O)(=O)C4)c3)cc2[nH]1. The van der Waals surface area contributed by atoms with E-state index < -0.39 is 31.8 Å². The van der Waals surface area contributed by atoms with E-state index in [4.69, 9.17) is 0 Å². The molecule has 1 aliphatic rings. The molecule has 1 atom stereocenters. The van der Waals surface area contributed by atoms with Gasteiger partial charge in [0.25, 0.3) is 5.91 Å². The molecule has 0 bridgehead atoms. The molecule has 30 heavy (non-hydrogen) atoms. The number of sulfonamides is 1. The molecule has 2 aromatic carbocycles. The Bertz CT molecular complexity index is 1350. The summed E-state index contributed by atoms with van der Waals surface area (Å²) in [4.78, 5) is 19.9. The van der Waals surface area contributed by atoms with Gasteiger partial charge in [0.15, 0.2) is 9.84 Å². The molecule has 0 radical (unpaired) electrons. The molecule has 9 nitrogen and oxygen atoms in total. The molecule has 158 valence electrons. The number of amides is 1. The standard InChI is InChI=1S/C19H20N4O5S2/c1-12-20-17-6-5-14(10-18(17)21-12)22-19(24)13-3-2-4-16(9-13)30(27,28)23-15-7-8-29(25,26)11-15/h2-6,9-10,15,23H,7-8,11H2,1H3,(H,20,21)(H,22,24)/t15-/m1/s1. The van der Waals surface area contributed by atoms with Crippen molar-refractivity contribution in [1.29, 1.82) is 0 Å². The lowest BCUT2D eigenvalue weighted by Crippen LogP contribution is -2.35. The fourth-order valence-electron chi connectivity index (χ4n) is 3.40. The lowest BCUT2D eigenvalue weighted by Gasteiger charge is -2.12. The van der Waals surface area contributed by atoms with E-state index >= 15 is 0 Å². The van der Waals surface area contributed by atoms with Crippen LogP contribution in [0.5, 0.6) is 0 Å². The highest BCUT2D eigenvalue weighted by atomic mass is 32.2. The van der Waals surface area contributed by atoms with Gasteiger partial charge in [0, 0.05) is 17.3 Å². The predicted molar refractivity (Wildman–Crippen MR) is 113 cm³/mol. The number of sulfone groups is 1. The van der Waals surface area contributed by atoms with E-state index in [-0.39, 0.29) is 28.4 Å². The summed E-state index contributed by atoms with van der Waals surface area (Å²) in [6, 6.07) is 10.2. The van der Waals surface area contributed by atoms with Crippen LogP contribution < -0.4 is 10.0 Å². The number of benzene rings is 2. The summed E-state index contributed by atoms with van der Waals surface area (Å²) < 4.78 is 50.8. The Hall–Kier alpha value is -2.76. The first-order chi connectivity index (χ1) is 14.1. The number of imidazole rings is 1. The van der Waals surface area contributed by atoms with Crippen LogP contribution in [0.15, 0.2) is 47.4 Å². The molecule has 0 spiro atoms. The summed E-state index contributed by atoms with van der Waals surface area (Å²) in [6.07, 6.45) is 0.233. The summed E-state index contributed by atoms with van der Waals surface area (Å²) in [5, 5.41) is 2.74. The topological polar surface area (TPSA) is 138 Å². The van der Waals surface area contributed by atoms with Crippen molar-refractivity contribution in [3.05, 3.63) is 53.9 Å². The average Bonchev–Trinajstić information content (AvgIpc) is 3.21. The van der Waals surface area contributed by atoms with Gasteiger partial charge in [0.05, 0.1) is 27.4 Å². The van der Waals surface area contributed by atoms with Crippen LogP contribution in [-0.2, 0) is 19.9 Å². The fraction of sp³-hybridized carbons (Fsp3) is 0.263. The lowest BCUT2D eigenvalue weighted by atomic mass is 10.2. The van der Waals surface area contributed by atoms with E-state index in [1.54, 1.807) is 18.2 Å². The Kier molecular flexibility index (Phi) is 5.12. The van der Waals surface area contributed by atoms with E-state index in [2.05, 4.69) is 20.0 Å². The third kappa shape index (κ3) is 4.37. The number of hydrogen-bond acceptors (Lipinski definition) is 6. The minimum absolute atomic E-state index is 0.0389. The lowest BCUT2D eigenvalue weighted by molar-refractivity contribution is 0.102. The third-order valence-corrected chi connectivity index (χ3v) is 8.11. The molecule has 1 fully saturated rings. The van der Waals surface area contributed by atoms with Crippen molar-refractivity contribution in [3.8, 4) is 0 Å². The molecule has 1 saturated heterocycles. The zero-order chi connectivity index (χ0) is 21.5. The number of carbonyl (C=O) groups is 1. The van der Waals surface area contributed by atoms with Gasteiger partial charge in [-0.25, -0.2) is 26.5 Å². The maximum absolute atomic E-state index is 12.6. The molecule has 2 heterocycles. The van der Waals surface area contributed by atoms with Crippen LogP contribution in [0.4, 0.5) is 5.69 Å². The minimum atomic E-state index is -3.96. The molecule has 1 aliphatic heterocycles. The molecule has 4 rings (SSSR count). The molecule has 3 N–H and O–H groups in total. The number of H-pyrrole nitrogens is 1. The second-order valence-electron chi connectivity index (χ2n) is 7.26. The van der Waals surface area contributed by atoms with Crippen LogP contribution in [0.3, 0.4) is 0 Å². The molecular weight excluding hydrogens is 428 g/mol. The van der Waals surface area contributed by atoms with Crippen molar-refractivity contribution in [2.24, 2.45) is 0 Å². The number of aromatic amines is 1. The van der Waals surface area contributed by atoms with E-state index in [9.17, 15) is 21.6 Å². The maximum Gasteiger partial charge on any atom is 0.255 e. The minimum Gasteiger partial charge on any atom is -0.342 e. The Balaban J connectivity index is 1.52. The predicted octanol–water partition coefficient (Wildman–Crippen LogP) is 1.59. The molecule has 1 aromatic heterocycles. The van der Waals surface area contributed by atoms with E-state index in [1.807, 2.05) is 6.92 Å². The number of aromatic nitrogens is 2. The van der Waals surface area contributed by atoms with Gasteiger partial charge in [0.1, 0.15) is 5.82 Å². The summed E-state index contributed by atoms with van der Waals surface area (Å²) >= 11 is 0. The first-order valence-corrected chi connectivity index (χ1v) is 12.5. The summed E-state index contributed by atoms with van der Waals surface area (Å²) in [6.45, 7) is 1.83. The molecule has 0 unspecified atom stereocenters. The second kappa shape index (κ2) is 7.49. The average molecular weight is 449 g/mol. The number of fused-ring (bicyclic) bond motifs is 1. The Morgan fingerprint density at radius 2 is 2.00 bits per heavy atom. The number of rotatable bonds is 5. The normalized spacial score (nSPS) is 18.5. The Morgan fingerprint density at radius 1 is 1.20 bits per heavy atom. The van der Waals surface area contributed by atoms with Gasteiger partial charge in [-0.2, -0.15) is 0 Å². The summed E-state index contributed by atoms with van der Waals surface area (Å²) in [7, 11) is -7.18. The van der Waals surface area contributed by atoms with Crippen molar-refractivity contribution in [2.45, 2.75) is 24.3 Å². The summed E-state index contributed by atoms with van der Waals surface area (Å²) in [5.41, 5.74) is 2.26. The number of nitrogens with zero attached hydrogens (tertiary/aromatic N) is 1. The number of aryl methyl sites for hydroxylation is 1. The van der Waals surface area contributed by atoms with Crippen LogP contribution in [-0.4, -0.2) is 50.3 Å². The first kappa shape index (κ1) is 20.5. The maximum atomic E-state index is 12.6. The van der Waals surface area contributed by atoms with Crippen LogP contribution >= 0.6 is 0 Å². The van der Waals surface area contributed by atoms with E-state index in [1.165, 1.54) is 24.3 Å². The van der Waals surface area contributed by atoms with Gasteiger partial charge < -0.3 is 10.3 Å². The van der Waals surface area contributed by atoms with Gasteiger partial charge in [0.2, 0.25) is 10.0 Å². The smallest absolute Gasteiger partial charge is 0.255 e. The van der Waals surface area contributed by atoms with Crippen molar-refractivity contribution in [2.75, 3.05) is 16.8 Å². The van der Waals surface area contributed by atoms with Crippen LogP contribution in [0.1, 0.15) is 22.6 Å². The number of anilines is 1. The molecule has 0 aliphatic carbocycles. The van der Waals surface area contributed by atoms with Crippen LogP contribution in [0, 0.1) is 6.92 Å². The number of hydrogen-bond donors (Lipinski definition) is 3. The fourth-order valence-corrected chi connectivity index (χ4v) is 6.49. The van der Waals surface area contributed by atoms with Crippen molar-refractivity contribution < 1.29 is 21.6 Å². The third-order valence-electron chi connectivity index (χ3n) is 4.82. The van der Waals surface area contributed by atoms with E-state index in [0.717, 1.165) is 16.9 Å². The summed E-state index contributed by atoms with van der Waals surface area (Å²) in [5.74, 6) is 0.0326. The van der Waals surface area contributed by atoms with Gasteiger partial charge in [-0.3, -0.25) is 4.79 Å². The van der Waals surface area contributed by atoms with Crippen molar-refractivity contribution in [1.82, 2.24) is 14.7 Å². The van der Waals surface area contributed by atoms with Gasteiger partial charge in [-0.15, -0.1) is 0 Å². The highest BCUT2D eigenvalue weighted by Crippen LogP contribution is 2.20. The van der Waals surface area contributed by atoms with Crippen LogP contribution in [0.25, 0.3) is 11.0 Å². The first-order valence-electron chi connectivity index (χ1n) is 9.22. The van der Waals surface area contributed by atoms with Crippen molar-refractivity contribution in [3.63, 3.8) is 0 Å². The van der Waals surface area contributed by atoms with E-state index in [0.29, 0.717) is 5.69 Å². The molecule has 11 heteroatoms. The molecule has 1 amide bonds. The number of nitrogens with one attached hydrogen (secondary N) is 3. The monoisotopic (exact) mass is 448 g/mol. The Morgan fingerprint density at radius 3 is 2.73 bits per heavy atom. The molecule has 0 saturated carbocycles. The zero-order valence-electron chi connectivity index (χ0n) is 16.0. The van der Waals surface area contributed by atoms with Gasteiger partial charge in [-0.1, -0.05) is 6.07 Å². The number of carbonyl (C=O) groups excluding carboxylic acids is 1. The highest BCUT2D eigenvalue weighted by Gasteiger charge is 2.31.